The fourth-order valence-electron chi connectivity index (χ4n) is 2.73. The van der Waals surface area contributed by atoms with Gasteiger partial charge in [-0.05, 0) is 61.1 Å². The number of aliphatic imine (C=N–C) groups is 1. The van der Waals surface area contributed by atoms with E-state index in [-0.39, 0.29) is 0 Å². The van der Waals surface area contributed by atoms with E-state index in [0.29, 0.717) is 45.8 Å². The van der Waals surface area contributed by atoms with Gasteiger partial charge in [-0.1, -0.05) is 29.3 Å². The van der Waals surface area contributed by atoms with Crippen LogP contribution in [-0.4, -0.2) is 35.5 Å². The van der Waals surface area contributed by atoms with Crippen molar-refractivity contribution in [3.8, 4) is 11.1 Å². The van der Waals surface area contributed by atoms with Crippen LogP contribution in [0.5, 0.6) is 0 Å². The predicted octanol–water partition coefficient (Wildman–Crippen LogP) is 6.87. The molecule has 2 aromatic rings. The fraction of sp³-hybridized carbons (Fsp3) is 0.316. The highest BCUT2D eigenvalue weighted by atomic mass is 127. The summed E-state index contributed by atoms with van der Waals surface area (Å²) in [4.78, 5) is 23.2. The van der Waals surface area contributed by atoms with Crippen molar-refractivity contribution >= 4 is 74.7 Å². The monoisotopic (exact) mass is 547 g/mol. The number of ether oxygens (including phenoxy) is 1. The second-order valence-corrected chi connectivity index (χ2v) is 10.7. The van der Waals surface area contributed by atoms with Gasteiger partial charge < -0.3 is 4.74 Å². The van der Waals surface area contributed by atoms with Gasteiger partial charge in [0, 0.05) is 15.6 Å². The molecule has 9 heteroatoms. The highest BCUT2D eigenvalue weighted by Gasteiger charge is 2.33. The van der Waals surface area contributed by atoms with Crippen LogP contribution in [0.2, 0.25) is 10.0 Å². The third-order valence-electron chi connectivity index (χ3n) is 3.81. The van der Waals surface area contributed by atoms with Crippen LogP contribution < -0.4 is 0 Å². The SMILES string of the molecule is [C-]#[N+]c1c(I)sc(C2=NCCN2C(=O)OC(C)(C)C)c1-c1ccc(Cl)cc1Cl. The summed E-state index contributed by atoms with van der Waals surface area (Å²) in [5.41, 5.74) is 1.23. The van der Waals surface area contributed by atoms with Gasteiger partial charge in [-0.25, -0.2) is 9.64 Å². The minimum absolute atomic E-state index is 0.430. The van der Waals surface area contributed by atoms with Gasteiger partial charge in [0.1, 0.15) is 11.4 Å². The molecule has 0 N–H and O–H groups in total. The van der Waals surface area contributed by atoms with Gasteiger partial charge in [0.05, 0.1) is 27.4 Å². The highest BCUT2D eigenvalue weighted by molar-refractivity contribution is 14.1. The second-order valence-electron chi connectivity index (χ2n) is 7.00. The number of carbonyl (C=O) groups is 1. The van der Waals surface area contributed by atoms with Crippen molar-refractivity contribution in [2.24, 2.45) is 4.99 Å². The summed E-state index contributed by atoms with van der Waals surface area (Å²) in [6, 6.07) is 5.16. The topological polar surface area (TPSA) is 46.3 Å². The maximum atomic E-state index is 12.7. The number of hydrogen-bond acceptors (Lipinski definition) is 4. The lowest BCUT2D eigenvalue weighted by Gasteiger charge is -2.25. The third-order valence-corrected chi connectivity index (χ3v) is 6.49. The zero-order valence-electron chi connectivity index (χ0n) is 15.3. The molecule has 3 rings (SSSR count). The van der Waals surface area contributed by atoms with E-state index in [9.17, 15) is 4.79 Å². The molecule has 0 radical (unpaired) electrons. The molecule has 1 amide bonds. The van der Waals surface area contributed by atoms with E-state index in [1.165, 1.54) is 16.2 Å². The van der Waals surface area contributed by atoms with Crippen molar-refractivity contribution in [2.75, 3.05) is 13.1 Å². The van der Waals surface area contributed by atoms with Crippen molar-refractivity contribution in [1.82, 2.24) is 4.90 Å². The summed E-state index contributed by atoms with van der Waals surface area (Å²) in [6.45, 7) is 14.0. The first-order valence-corrected chi connectivity index (χ1v) is 11.0. The largest absolute Gasteiger partial charge is 0.443 e. The molecule has 1 aliphatic rings. The number of carbonyl (C=O) groups excluding carboxylic acids is 1. The zero-order valence-corrected chi connectivity index (χ0v) is 19.8. The maximum absolute atomic E-state index is 12.7. The van der Waals surface area contributed by atoms with Gasteiger partial charge in [0.25, 0.3) is 0 Å². The Kier molecular flexibility index (Phi) is 6.25. The Hall–Kier alpha value is -1.34. The maximum Gasteiger partial charge on any atom is 0.416 e. The lowest BCUT2D eigenvalue weighted by atomic mass is 10.0. The molecular weight excluding hydrogens is 532 g/mol. The van der Waals surface area contributed by atoms with E-state index in [2.05, 4.69) is 32.4 Å². The lowest BCUT2D eigenvalue weighted by Crippen LogP contribution is -2.39. The standard InChI is InChI=1S/C19H16Cl2IN3O2S/c1-19(2,3)27-18(26)25-8-7-24-17(25)15-13(14(23-4)16(22)28-15)11-6-5-10(20)9-12(11)21/h5-6,9H,7-8H2,1-3H3. The number of nitrogens with zero attached hydrogens (tertiary/aromatic N) is 3. The van der Waals surface area contributed by atoms with Gasteiger partial charge in [0.2, 0.25) is 5.69 Å². The number of halogens is 3. The zero-order chi connectivity index (χ0) is 20.6. The highest BCUT2D eigenvalue weighted by Crippen LogP contribution is 2.47. The first kappa shape index (κ1) is 21.4. The van der Waals surface area contributed by atoms with E-state index in [4.69, 9.17) is 34.5 Å². The van der Waals surface area contributed by atoms with Crippen LogP contribution in [0.1, 0.15) is 25.6 Å². The first-order valence-electron chi connectivity index (χ1n) is 8.33. The Morgan fingerprint density at radius 1 is 1.39 bits per heavy atom. The molecule has 0 fully saturated rings. The molecule has 146 valence electrons. The van der Waals surface area contributed by atoms with Crippen LogP contribution in [0.3, 0.4) is 0 Å². The van der Waals surface area contributed by atoms with Crippen LogP contribution >= 0.6 is 57.1 Å². The molecule has 5 nitrogen and oxygen atoms in total. The molecule has 2 heterocycles. The molecule has 1 aromatic carbocycles. The molecular formula is C19H16Cl2IN3O2S. The van der Waals surface area contributed by atoms with E-state index >= 15 is 0 Å². The Morgan fingerprint density at radius 2 is 2.11 bits per heavy atom. The molecule has 28 heavy (non-hydrogen) atoms. The van der Waals surface area contributed by atoms with Gasteiger partial charge in [-0.2, -0.15) is 0 Å². The summed E-state index contributed by atoms with van der Waals surface area (Å²) in [6.07, 6.45) is -0.454. The second kappa shape index (κ2) is 8.19. The average molecular weight is 548 g/mol. The molecule has 0 bridgehead atoms. The van der Waals surface area contributed by atoms with Crippen molar-refractivity contribution in [2.45, 2.75) is 26.4 Å². The molecule has 0 spiro atoms. The van der Waals surface area contributed by atoms with Crippen LogP contribution in [-0.2, 0) is 4.74 Å². The minimum atomic E-state index is -0.612. The third kappa shape index (κ3) is 4.30. The minimum Gasteiger partial charge on any atom is -0.443 e. The van der Waals surface area contributed by atoms with Crippen LogP contribution in [0, 0.1) is 9.46 Å². The number of amidine groups is 1. The first-order chi connectivity index (χ1) is 13.1. The van der Waals surface area contributed by atoms with Crippen LogP contribution in [0.25, 0.3) is 16.0 Å². The van der Waals surface area contributed by atoms with Gasteiger partial charge in [0.15, 0.2) is 0 Å². The number of thiophene rings is 1. The molecule has 1 aliphatic heterocycles. The van der Waals surface area contributed by atoms with Gasteiger partial charge in [-0.3, -0.25) is 9.89 Å². The van der Waals surface area contributed by atoms with Crippen molar-refractivity contribution in [3.63, 3.8) is 0 Å². The summed E-state index contributed by atoms with van der Waals surface area (Å²) in [5.74, 6) is 0.507. The molecule has 0 aliphatic carbocycles. The Labute approximate surface area is 191 Å². The summed E-state index contributed by atoms with van der Waals surface area (Å²) in [7, 11) is 0. The Balaban J connectivity index is 2.13. The number of rotatable bonds is 2. The fourth-order valence-corrected chi connectivity index (χ4v) is 5.28. The summed E-state index contributed by atoms with van der Waals surface area (Å²) < 4.78 is 6.33. The van der Waals surface area contributed by atoms with E-state index in [1.54, 1.807) is 18.2 Å². The molecule has 1 aromatic heterocycles. The average Bonchev–Trinajstić information content (AvgIpc) is 3.17. The van der Waals surface area contributed by atoms with Crippen molar-refractivity contribution < 1.29 is 9.53 Å². The van der Waals surface area contributed by atoms with E-state index in [1.807, 2.05) is 20.8 Å². The molecule has 0 unspecified atom stereocenters. The summed E-state index contributed by atoms with van der Waals surface area (Å²) in [5, 5.41) is 0.952. The van der Waals surface area contributed by atoms with E-state index in [0.717, 1.165) is 7.76 Å². The van der Waals surface area contributed by atoms with Crippen molar-refractivity contribution in [1.29, 1.82) is 0 Å². The Bertz CT molecular complexity index is 1020. The lowest BCUT2D eigenvalue weighted by molar-refractivity contribution is 0.0385. The smallest absolute Gasteiger partial charge is 0.416 e. The normalized spacial score (nSPS) is 14.0. The molecule has 0 atom stereocenters. The van der Waals surface area contributed by atoms with Crippen molar-refractivity contribution in [3.05, 3.63) is 47.4 Å². The number of amides is 1. The van der Waals surface area contributed by atoms with E-state index < -0.39 is 11.7 Å². The quantitative estimate of drug-likeness (QED) is 0.304. The number of benzene rings is 1. The van der Waals surface area contributed by atoms with Crippen LogP contribution in [0.15, 0.2) is 23.2 Å². The van der Waals surface area contributed by atoms with Gasteiger partial charge in [-0.15, -0.1) is 11.3 Å². The molecule has 0 saturated heterocycles. The van der Waals surface area contributed by atoms with Crippen LogP contribution in [0.4, 0.5) is 10.5 Å². The summed E-state index contributed by atoms with van der Waals surface area (Å²) >= 11 is 16.0. The Morgan fingerprint density at radius 3 is 2.71 bits per heavy atom. The van der Waals surface area contributed by atoms with Gasteiger partial charge >= 0.3 is 6.09 Å². The number of hydrogen-bond donors (Lipinski definition) is 0. The molecule has 0 saturated carbocycles. The predicted molar refractivity (Wildman–Crippen MR) is 123 cm³/mol.